The van der Waals surface area contributed by atoms with Crippen molar-refractivity contribution in [1.82, 2.24) is 14.9 Å². The van der Waals surface area contributed by atoms with Crippen molar-refractivity contribution in [2.45, 2.75) is 51.6 Å². The molecular formula is C22H25N3. The van der Waals surface area contributed by atoms with E-state index < -0.39 is 0 Å². The van der Waals surface area contributed by atoms with Crippen LogP contribution in [-0.4, -0.2) is 16.1 Å². The molecule has 0 saturated carbocycles. The molecule has 2 aromatic carbocycles. The van der Waals surface area contributed by atoms with Crippen LogP contribution >= 0.6 is 0 Å². The summed E-state index contributed by atoms with van der Waals surface area (Å²) >= 11 is 0. The molecule has 0 spiro atoms. The van der Waals surface area contributed by atoms with Gasteiger partial charge < -0.3 is 9.88 Å². The predicted molar refractivity (Wildman–Crippen MR) is 102 cm³/mol. The fourth-order valence-corrected chi connectivity index (χ4v) is 4.48. The Labute approximate surface area is 149 Å². The Morgan fingerprint density at radius 1 is 0.960 bits per heavy atom. The van der Waals surface area contributed by atoms with Gasteiger partial charge in [-0.05, 0) is 85.5 Å². The smallest absolute Gasteiger partial charge is 0.0964 e. The molecule has 0 bridgehead atoms. The number of fused-ring (bicyclic) bond motifs is 3. The topological polar surface area (TPSA) is 29.9 Å². The van der Waals surface area contributed by atoms with Crippen LogP contribution in [0.25, 0.3) is 11.0 Å². The lowest BCUT2D eigenvalue weighted by Gasteiger charge is -2.21. The highest BCUT2D eigenvalue weighted by Crippen LogP contribution is 2.30. The third-order valence-corrected chi connectivity index (χ3v) is 6.05. The highest BCUT2D eigenvalue weighted by molar-refractivity contribution is 5.78. The van der Waals surface area contributed by atoms with E-state index in [1.54, 1.807) is 0 Å². The van der Waals surface area contributed by atoms with Gasteiger partial charge in [0.1, 0.15) is 0 Å². The Hall–Kier alpha value is -2.13. The Morgan fingerprint density at radius 3 is 2.64 bits per heavy atom. The summed E-state index contributed by atoms with van der Waals surface area (Å²) in [7, 11) is 0. The second kappa shape index (κ2) is 5.99. The number of aromatic nitrogens is 2. The highest BCUT2D eigenvalue weighted by atomic mass is 15.1. The van der Waals surface area contributed by atoms with Gasteiger partial charge in [-0.2, -0.15) is 0 Å². The van der Waals surface area contributed by atoms with Crippen molar-refractivity contribution >= 4 is 11.0 Å². The zero-order valence-corrected chi connectivity index (χ0v) is 14.9. The summed E-state index contributed by atoms with van der Waals surface area (Å²) in [4.78, 5) is 4.71. The van der Waals surface area contributed by atoms with E-state index in [1.807, 2.05) is 6.33 Å². The van der Waals surface area contributed by atoms with Gasteiger partial charge in [0.15, 0.2) is 0 Å². The number of aryl methyl sites for hydroxylation is 2. The van der Waals surface area contributed by atoms with Crippen molar-refractivity contribution in [3.63, 3.8) is 0 Å². The molecule has 128 valence electrons. The third-order valence-electron chi connectivity index (χ3n) is 6.05. The molecule has 3 aromatic rings. The molecule has 3 heteroatoms. The van der Waals surface area contributed by atoms with Crippen molar-refractivity contribution in [2.24, 2.45) is 0 Å². The highest BCUT2D eigenvalue weighted by Gasteiger charge is 2.17. The maximum absolute atomic E-state index is 4.71. The Balaban J connectivity index is 1.56. The van der Waals surface area contributed by atoms with Crippen LogP contribution in [0.15, 0.2) is 36.7 Å². The molecule has 1 N–H and O–H groups in total. The van der Waals surface area contributed by atoms with Crippen LogP contribution in [0.5, 0.6) is 0 Å². The minimum absolute atomic E-state index is 0.312. The van der Waals surface area contributed by atoms with Crippen LogP contribution in [0.3, 0.4) is 0 Å². The van der Waals surface area contributed by atoms with Crippen LogP contribution in [-0.2, 0) is 25.8 Å². The van der Waals surface area contributed by atoms with E-state index in [4.69, 9.17) is 4.98 Å². The zero-order chi connectivity index (χ0) is 16.8. The lowest BCUT2D eigenvalue weighted by Crippen LogP contribution is -2.23. The lowest BCUT2D eigenvalue weighted by molar-refractivity contribution is 0.630. The van der Waals surface area contributed by atoms with Gasteiger partial charge in [-0.1, -0.05) is 18.2 Å². The van der Waals surface area contributed by atoms with Gasteiger partial charge in [-0.15, -0.1) is 0 Å². The minimum atomic E-state index is 0.312. The Kier molecular flexibility index (Phi) is 3.63. The first-order chi connectivity index (χ1) is 12.3. The molecular weight excluding hydrogens is 306 g/mol. The minimum Gasteiger partial charge on any atom is -0.323 e. The van der Waals surface area contributed by atoms with Gasteiger partial charge >= 0.3 is 0 Å². The van der Waals surface area contributed by atoms with Gasteiger partial charge in [0.25, 0.3) is 0 Å². The average molecular weight is 331 g/mol. The first kappa shape index (κ1) is 15.2. The summed E-state index contributed by atoms with van der Waals surface area (Å²) in [6.45, 7) is 4.39. The molecule has 0 saturated heterocycles. The molecule has 25 heavy (non-hydrogen) atoms. The fraction of sp³-hybridized carbons (Fsp3) is 0.409. The summed E-state index contributed by atoms with van der Waals surface area (Å²) in [6.07, 6.45) is 8.24. The molecule has 0 unspecified atom stereocenters. The molecule has 1 atom stereocenters. The quantitative estimate of drug-likeness (QED) is 0.764. The first-order valence-corrected chi connectivity index (χ1v) is 9.60. The van der Waals surface area contributed by atoms with Gasteiger partial charge in [-0.25, -0.2) is 4.98 Å². The van der Waals surface area contributed by atoms with E-state index in [1.165, 1.54) is 59.0 Å². The number of benzene rings is 2. The molecule has 5 rings (SSSR count). The molecule has 0 radical (unpaired) electrons. The molecule has 2 aliphatic rings. The fourth-order valence-electron chi connectivity index (χ4n) is 4.48. The van der Waals surface area contributed by atoms with E-state index in [0.717, 1.165) is 25.0 Å². The van der Waals surface area contributed by atoms with Crippen LogP contribution < -0.4 is 5.32 Å². The lowest BCUT2D eigenvalue weighted by atomic mass is 9.91. The summed E-state index contributed by atoms with van der Waals surface area (Å²) < 4.78 is 2.35. The van der Waals surface area contributed by atoms with Gasteiger partial charge in [0, 0.05) is 6.54 Å². The second-order valence-electron chi connectivity index (χ2n) is 7.60. The van der Waals surface area contributed by atoms with Crippen molar-refractivity contribution in [2.75, 3.05) is 6.54 Å². The largest absolute Gasteiger partial charge is 0.323 e. The van der Waals surface area contributed by atoms with Crippen molar-refractivity contribution in [1.29, 1.82) is 0 Å². The van der Waals surface area contributed by atoms with Gasteiger partial charge in [0.2, 0.25) is 0 Å². The SMILES string of the molecule is C[C@H](c1ccc2c(c1)CCNC2)n1cnc2cc3c(cc21)CCCC3. The average Bonchev–Trinajstić information content (AvgIpc) is 3.08. The maximum atomic E-state index is 4.71. The van der Waals surface area contributed by atoms with E-state index in [9.17, 15) is 0 Å². The Morgan fingerprint density at radius 2 is 1.76 bits per heavy atom. The third kappa shape index (κ3) is 2.58. The summed E-state index contributed by atoms with van der Waals surface area (Å²) in [6, 6.07) is 12.0. The van der Waals surface area contributed by atoms with Gasteiger partial charge in [0.05, 0.1) is 23.4 Å². The van der Waals surface area contributed by atoms with Crippen LogP contribution in [0.1, 0.15) is 53.6 Å². The van der Waals surface area contributed by atoms with Crippen molar-refractivity contribution < 1.29 is 0 Å². The number of nitrogens with one attached hydrogen (secondary N) is 1. The van der Waals surface area contributed by atoms with Crippen LogP contribution in [0.4, 0.5) is 0 Å². The summed E-state index contributed by atoms with van der Waals surface area (Å²) in [5, 5.41) is 3.46. The first-order valence-electron chi connectivity index (χ1n) is 9.60. The number of rotatable bonds is 2. The molecule has 1 aliphatic heterocycles. The molecule has 0 amide bonds. The van der Waals surface area contributed by atoms with E-state index in [0.29, 0.717) is 6.04 Å². The summed E-state index contributed by atoms with van der Waals surface area (Å²) in [5.41, 5.74) is 9.82. The standard InChI is InChI=1S/C22H25N3/c1-15(16-6-7-20-13-23-9-8-19(20)10-16)25-14-24-21-11-17-4-2-3-5-18(17)12-22(21)25/h6-7,10-12,14-15,23H,2-5,8-9,13H2,1H3/t15-/m1/s1. The molecule has 3 nitrogen and oxygen atoms in total. The number of hydrogen-bond acceptors (Lipinski definition) is 2. The second-order valence-corrected chi connectivity index (χ2v) is 7.60. The molecule has 1 aliphatic carbocycles. The predicted octanol–water partition coefficient (Wildman–Crippen LogP) is 4.17. The van der Waals surface area contributed by atoms with Crippen LogP contribution in [0.2, 0.25) is 0 Å². The summed E-state index contributed by atoms with van der Waals surface area (Å²) in [5.74, 6) is 0. The van der Waals surface area contributed by atoms with Crippen LogP contribution in [0, 0.1) is 0 Å². The number of nitrogens with zero attached hydrogens (tertiary/aromatic N) is 2. The maximum Gasteiger partial charge on any atom is 0.0964 e. The zero-order valence-electron chi connectivity index (χ0n) is 14.9. The number of imidazole rings is 1. The van der Waals surface area contributed by atoms with Crippen molar-refractivity contribution in [3.8, 4) is 0 Å². The van der Waals surface area contributed by atoms with Crippen molar-refractivity contribution in [3.05, 3.63) is 64.5 Å². The molecule has 1 aromatic heterocycles. The number of hydrogen-bond donors (Lipinski definition) is 1. The van der Waals surface area contributed by atoms with Gasteiger partial charge in [-0.3, -0.25) is 0 Å². The Bertz CT molecular complexity index is 938. The molecule has 2 heterocycles. The van der Waals surface area contributed by atoms with E-state index in [-0.39, 0.29) is 0 Å². The molecule has 0 fully saturated rings. The van der Waals surface area contributed by atoms with E-state index in [2.05, 4.69) is 47.1 Å². The monoisotopic (exact) mass is 331 g/mol. The van der Waals surface area contributed by atoms with E-state index >= 15 is 0 Å². The normalized spacial score (nSPS) is 18.0.